The van der Waals surface area contributed by atoms with E-state index in [9.17, 15) is 9.90 Å². The van der Waals surface area contributed by atoms with Crippen LogP contribution in [0.5, 0.6) is 0 Å². The second kappa shape index (κ2) is 5.95. The third kappa shape index (κ3) is 3.31. The summed E-state index contributed by atoms with van der Waals surface area (Å²) in [4.78, 5) is 16.4. The normalized spacial score (nSPS) is 18.0. The van der Waals surface area contributed by atoms with Gasteiger partial charge in [-0.1, -0.05) is 25.3 Å². The van der Waals surface area contributed by atoms with Crippen LogP contribution in [0.15, 0.2) is 35.3 Å². The zero-order chi connectivity index (χ0) is 14.7. The van der Waals surface area contributed by atoms with Crippen LogP contribution in [0.2, 0.25) is 0 Å². The van der Waals surface area contributed by atoms with Gasteiger partial charge < -0.3 is 10.4 Å². The molecule has 5 heteroatoms. The van der Waals surface area contributed by atoms with Crippen LogP contribution in [0, 0.1) is 0 Å². The van der Waals surface area contributed by atoms with Crippen molar-refractivity contribution in [1.82, 2.24) is 14.7 Å². The Kier molecular flexibility index (Phi) is 4.03. The lowest BCUT2D eigenvalue weighted by molar-refractivity contribution is 0.00462. The molecule has 3 rings (SSSR count). The molecule has 0 aliphatic heterocycles. The van der Waals surface area contributed by atoms with Gasteiger partial charge in [-0.15, -0.1) is 0 Å². The Bertz CT molecular complexity index is 675. The van der Waals surface area contributed by atoms with E-state index in [0.29, 0.717) is 24.4 Å². The summed E-state index contributed by atoms with van der Waals surface area (Å²) < 4.78 is 1.53. The van der Waals surface area contributed by atoms with E-state index >= 15 is 0 Å². The van der Waals surface area contributed by atoms with Gasteiger partial charge in [-0.25, -0.2) is 4.98 Å². The molecule has 0 atom stereocenters. The monoisotopic (exact) mass is 287 g/mol. The van der Waals surface area contributed by atoms with Crippen molar-refractivity contribution in [3.63, 3.8) is 0 Å². The van der Waals surface area contributed by atoms with E-state index in [1.807, 2.05) is 18.2 Å². The summed E-state index contributed by atoms with van der Waals surface area (Å²) in [6, 6.07) is 7.04. The lowest BCUT2D eigenvalue weighted by Crippen LogP contribution is -2.42. The Morgan fingerprint density at radius 3 is 2.90 bits per heavy atom. The first-order valence-corrected chi connectivity index (χ1v) is 7.57. The third-order valence-corrected chi connectivity index (χ3v) is 4.17. The van der Waals surface area contributed by atoms with E-state index in [0.717, 1.165) is 25.7 Å². The van der Waals surface area contributed by atoms with Gasteiger partial charge in [0.1, 0.15) is 5.65 Å². The maximum absolute atomic E-state index is 12.0. The number of pyridine rings is 1. The Balaban J connectivity index is 1.67. The van der Waals surface area contributed by atoms with Gasteiger partial charge in [0.2, 0.25) is 0 Å². The molecule has 1 saturated carbocycles. The van der Waals surface area contributed by atoms with Crippen LogP contribution in [-0.4, -0.2) is 26.6 Å². The number of aliphatic hydroxyl groups is 1. The molecule has 2 aromatic heterocycles. The summed E-state index contributed by atoms with van der Waals surface area (Å²) >= 11 is 0. The molecule has 2 aromatic rings. The maximum Gasteiger partial charge on any atom is 0.258 e. The van der Waals surface area contributed by atoms with E-state index in [2.05, 4.69) is 10.3 Å². The van der Waals surface area contributed by atoms with Gasteiger partial charge in [0, 0.05) is 25.4 Å². The van der Waals surface area contributed by atoms with Crippen molar-refractivity contribution >= 4 is 5.65 Å². The molecule has 112 valence electrons. The van der Waals surface area contributed by atoms with Gasteiger partial charge in [0.15, 0.2) is 0 Å². The quantitative estimate of drug-likeness (QED) is 0.894. The Hall–Kier alpha value is -1.72. The molecule has 0 bridgehead atoms. The molecule has 0 radical (unpaired) electrons. The zero-order valence-electron chi connectivity index (χ0n) is 12.1. The fourth-order valence-corrected chi connectivity index (χ4v) is 3.00. The minimum atomic E-state index is -0.593. The Morgan fingerprint density at radius 2 is 2.10 bits per heavy atom. The number of aromatic nitrogens is 2. The van der Waals surface area contributed by atoms with Crippen LogP contribution >= 0.6 is 0 Å². The first kappa shape index (κ1) is 14.2. The number of fused-ring (bicyclic) bond motifs is 1. The van der Waals surface area contributed by atoms with Crippen LogP contribution in [-0.2, 0) is 6.54 Å². The van der Waals surface area contributed by atoms with Crippen LogP contribution in [0.3, 0.4) is 0 Å². The number of hydrogen-bond donors (Lipinski definition) is 2. The van der Waals surface area contributed by atoms with Gasteiger partial charge in [-0.2, -0.15) is 0 Å². The van der Waals surface area contributed by atoms with Crippen LogP contribution in [0.4, 0.5) is 0 Å². The molecule has 2 heterocycles. The zero-order valence-corrected chi connectivity index (χ0v) is 12.1. The average molecular weight is 287 g/mol. The van der Waals surface area contributed by atoms with Crippen LogP contribution in [0.25, 0.3) is 5.65 Å². The van der Waals surface area contributed by atoms with Gasteiger partial charge in [-0.05, 0) is 25.0 Å². The number of hydrogen-bond acceptors (Lipinski definition) is 4. The average Bonchev–Trinajstić information content (AvgIpc) is 2.48. The maximum atomic E-state index is 12.0. The first-order valence-electron chi connectivity index (χ1n) is 7.57. The summed E-state index contributed by atoms with van der Waals surface area (Å²) in [5.41, 5.74) is 0.696. The minimum Gasteiger partial charge on any atom is -0.389 e. The third-order valence-electron chi connectivity index (χ3n) is 4.17. The molecule has 1 aliphatic rings. The highest BCUT2D eigenvalue weighted by Gasteiger charge is 2.28. The molecule has 21 heavy (non-hydrogen) atoms. The molecule has 0 saturated heterocycles. The van der Waals surface area contributed by atoms with Crippen molar-refractivity contribution in [2.45, 2.75) is 44.2 Å². The number of nitrogens with zero attached hydrogens (tertiary/aromatic N) is 2. The molecule has 1 fully saturated rings. The molecule has 5 nitrogen and oxygen atoms in total. The van der Waals surface area contributed by atoms with E-state index in [4.69, 9.17) is 0 Å². The number of rotatable bonds is 4. The van der Waals surface area contributed by atoms with Crippen molar-refractivity contribution in [3.05, 3.63) is 46.5 Å². The van der Waals surface area contributed by atoms with Crippen molar-refractivity contribution in [3.8, 4) is 0 Å². The van der Waals surface area contributed by atoms with Crippen molar-refractivity contribution < 1.29 is 5.11 Å². The minimum absolute atomic E-state index is 0.0752. The molecule has 2 N–H and O–H groups in total. The van der Waals surface area contributed by atoms with Gasteiger partial charge >= 0.3 is 0 Å². The molecule has 0 unspecified atom stereocenters. The summed E-state index contributed by atoms with van der Waals surface area (Å²) in [5.74, 6) is 0. The van der Waals surface area contributed by atoms with E-state index in [1.165, 1.54) is 10.8 Å². The SMILES string of the molecule is O=c1cc(CNCC2(O)CCCCC2)nc2ccccn12. The molecule has 0 spiro atoms. The summed E-state index contributed by atoms with van der Waals surface area (Å²) in [6.45, 7) is 1.06. The largest absolute Gasteiger partial charge is 0.389 e. The smallest absolute Gasteiger partial charge is 0.258 e. The second-order valence-corrected chi connectivity index (χ2v) is 5.90. The summed E-state index contributed by atoms with van der Waals surface area (Å²) in [7, 11) is 0. The number of nitrogens with one attached hydrogen (secondary N) is 1. The molecular formula is C16H21N3O2. The highest BCUT2D eigenvalue weighted by molar-refractivity contribution is 5.37. The fraction of sp³-hybridized carbons (Fsp3) is 0.500. The molecule has 0 aromatic carbocycles. The predicted molar refractivity (Wildman–Crippen MR) is 81.2 cm³/mol. The van der Waals surface area contributed by atoms with E-state index in [-0.39, 0.29) is 5.56 Å². The standard InChI is InChI=1S/C16H21N3O2/c20-15-10-13(18-14-6-2-5-9-19(14)15)11-17-12-16(21)7-3-1-4-8-16/h2,5-6,9-10,17,21H,1,3-4,7-8,11-12H2. The topological polar surface area (TPSA) is 66.6 Å². The molecule has 0 amide bonds. The van der Waals surface area contributed by atoms with Crippen molar-refractivity contribution in [2.24, 2.45) is 0 Å². The highest BCUT2D eigenvalue weighted by atomic mass is 16.3. The molecular weight excluding hydrogens is 266 g/mol. The van der Waals surface area contributed by atoms with E-state index in [1.54, 1.807) is 12.3 Å². The Morgan fingerprint density at radius 1 is 1.29 bits per heavy atom. The Labute approximate surface area is 123 Å². The summed E-state index contributed by atoms with van der Waals surface area (Å²) in [6.07, 6.45) is 6.82. The second-order valence-electron chi connectivity index (χ2n) is 5.90. The van der Waals surface area contributed by atoms with E-state index < -0.39 is 5.60 Å². The van der Waals surface area contributed by atoms with Crippen LogP contribution in [0.1, 0.15) is 37.8 Å². The first-order chi connectivity index (χ1) is 10.2. The van der Waals surface area contributed by atoms with Gasteiger partial charge in [0.05, 0.1) is 11.3 Å². The van der Waals surface area contributed by atoms with Crippen LogP contribution < -0.4 is 10.9 Å². The van der Waals surface area contributed by atoms with Crippen molar-refractivity contribution in [1.29, 1.82) is 0 Å². The lowest BCUT2D eigenvalue weighted by atomic mass is 9.85. The fourth-order valence-electron chi connectivity index (χ4n) is 3.00. The summed E-state index contributed by atoms with van der Waals surface area (Å²) in [5, 5.41) is 13.7. The lowest BCUT2D eigenvalue weighted by Gasteiger charge is -2.32. The molecule has 1 aliphatic carbocycles. The van der Waals surface area contributed by atoms with Gasteiger partial charge in [0.25, 0.3) is 5.56 Å². The predicted octanol–water partition coefficient (Wildman–Crippen LogP) is 1.48. The van der Waals surface area contributed by atoms with Gasteiger partial charge in [-0.3, -0.25) is 9.20 Å². The van der Waals surface area contributed by atoms with Crippen molar-refractivity contribution in [2.75, 3.05) is 6.54 Å². The highest BCUT2D eigenvalue weighted by Crippen LogP contribution is 2.27.